The average molecular weight is 432 g/mol. The van der Waals surface area contributed by atoms with Gasteiger partial charge in [0.05, 0.1) is 5.69 Å². The van der Waals surface area contributed by atoms with Crippen molar-refractivity contribution in [3.63, 3.8) is 0 Å². The highest BCUT2D eigenvalue weighted by Crippen LogP contribution is 2.25. The van der Waals surface area contributed by atoms with Crippen molar-refractivity contribution in [2.24, 2.45) is 7.05 Å². The van der Waals surface area contributed by atoms with Crippen LogP contribution in [0.5, 0.6) is 0 Å². The second kappa shape index (κ2) is 8.94. The van der Waals surface area contributed by atoms with Crippen molar-refractivity contribution in [2.75, 3.05) is 6.54 Å². The molecule has 0 saturated heterocycles. The van der Waals surface area contributed by atoms with Crippen molar-refractivity contribution in [1.82, 2.24) is 25.0 Å². The van der Waals surface area contributed by atoms with E-state index in [1.165, 1.54) is 5.56 Å². The number of rotatable bonds is 5. The molecule has 1 aromatic carbocycles. The summed E-state index contributed by atoms with van der Waals surface area (Å²) in [5.74, 6) is -0.113. The number of benzene rings is 1. The van der Waals surface area contributed by atoms with Crippen LogP contribution in [0.1, 0.15) is 61.4 Å². The van der Waals surface area contributed by atoms with E-state index in [1.807, 2.05) is 62.2 Å². The quantitative estimate of drug-likeness (QED) is 0.673. The smallest absolute Gasteiger partial charge is 0.269 e. The molecular weight excluding hydrogens is 402 g/mol. The molecule has 0 radical (unpaired) electrons. The van der Waals surface area contributed by atoms with Crippen LogP contribution in [0.3, 0.4) is 0 Å². The third-order valence-corrected chi connectivity index (χ3v) is 6.13. The topological polar surface area (TPSA) is 80.1 Å². The Labute approximate surface area is 188 Å². The highest BCUT2D eigenvalue weighted by atomic mass is 16.2. The van der Waals surface area contributed by atoms with Gasteiger partial charge in [0, 0.05) is 44.1 Å². The van der Waals surface area contributed by atoms with Crippen LogP contribution >= 0.6 is 0 Å². The Morgan fingerprint density at radius 1 is 1.16 bits per heavy atom. The first-order valence-electron chi connectivity index (χ1n) is 11.0. The predicted octanol–water partition coefficient (Wildman–Crippen LogP) is 3.12. The molecule has 2 aromatic heterocycles. The van der Waals surface area contributed by atoms with E-state index in [0.29, 0.717) is 30.9 Å². The van der Waals surface area contributed by atoms with E-state index in [4.69, 9.17) is 0 Å². The van der Waals surface area contributed by atoms with E-state index in [0.717, 1.165) is 40.9 Å². The number of carbonyl (C=O) groups is 2. The predicted molar refractivity (Wildman–Crippen MR) is 122 cm³/mol. The molecule has 4 rings (SSSR count). The Bertz CT molecular complexity index is 1160. The third-order valence-electron chi connectivity index (χ3n) is 6.13. The lowest BCUT2D eigenvalue weighted by Crippen LogP contribution is -2.37. The van der Waals surface area contributed by atoms with E-state index < -0.39 is 0 Å². The van der Waals surface area contributed by atoms with Gasteiger partial charge in [-0.15, -0.1) is 0 Å². The van der Waals surface area contributed by atoms with Crippen LogP contribution in [0.2, 0.25) is 0 Å². The molecule has 0 saturated carbocycles. The van der Waals surface area contributed by atoms with Crippen molar-refractivity contribution < 1.29 is 9.59 Å². The van der Waals surface area contributed by atoms with Gasteiger partial charge in [0.15, 0.2) is 0 Å². The first kappa shape index (κ1) is 21.7. The van der Waals surface area contributed by atoms with Crippen LogP contribution in [-0.2, 0) is 33.0 Å². The summed E-state index contributed by atoms with van der Waals surface area (Å²) in [6, 6.07) is 9.51. The second-order valence-electron chi connectivity index (χ2n) is 8.35. The van der Waals surface area contributed by atoms with Gasteiger partial charge in [0.1, 0.15) is 5.69 Å². The minimum Gasteiger partial charge on any atom is -0.347 e. The van der Waals surface area contributed by atoms with E-state index >= 15 is 0 Å². The molecule has 1 N–H and O–H groups in total. The number of pyridine rings is 1. The molecule has 0 bridgehead atoms. The third kappa shape index (κ3) is 4.28. The van der Waals surface area contributed by atoms with Gasteiger partial charge in [0.2, 0.25) is 0 Å². The summed E-state index contributed by atoms with van der Waals surface area (Å²) in [5, 5.41) is 7.38. The van der Waals surface area contributed by atoms with Crippen LogP contribution in [0.25, 0.3) is 0 Å². The van der Waals surface area contributed by atoms with Crippen molar-refractivity contribution in [1.29, 1.82) is 0 Å². The Balaban J connectivity index is 1.49. The lowest BCUT2D eigenvalue weighted by molar-refractivity contribution is 0.0734. The fraction of sp³-hybridized carbons (Fsp3) is 0.360. The maximum atomic E-state index is 12.9. The molecule has 3 heterocycles. The summed E-state index contributed by atoms with van der Waals surface area (Å²) in [7, 11) is 1.78. The molecule has 0 aliphatic carbocycles. The molecule has 0 atom stereocenters. The van der Waals surface area contributed by atoms with Gasteiger partial charge in [-0.1, -0.05) is 24.6 Å². The zero-order chi connectivity index (χ0) is 22.8. The summed E-state index contributed by atoms with van der Waals surface area (Å²) in [4.78, 5) is 32.1. The first-order chi connectivity index (χ1) is 15.4. The Morgan fingerprint density at radius 3 is 2.59 bits per heavy atom. The van der Waals surface area contributed by atoms with E-state index in [2.05, 4.69) is 15.4 Å². The van der Waals surface area contributed by atoms with E-state index in [-0.39, 0.29) is 11.8 Å². The SMILES string of the molecule is CCc1cc(C(=O)NCc2c(C)ncc3c2CCN(C(=O)c2ccc(C)cc2)C3)n(C)n1. The summed E-state index contributed by atoms with van der Waals surface area (Å²) in [5.41, 5.74) is 7.45. The first-order valence-corrected chi connectivity index (χ1v) is 11.0. The Hall–Kier alpha value is -3.48. The minimum absolute atomic E-state index is 0.0361. The molecule has 3 aromatic rings. The number of nitrogens with one attached hydrogen (secondary N) is 1. The van der Waals surface area contributed by atoms with Gasteiger partial charge in [0.25, 0.3) is 11.8 Å². The van der Waals surface area contributed by atoms with Crippen LogP contribution < -0.4 is 5.32 Å². The number of amides is 2. The number of fused-ring (bicyclic) bond motifs is 1. The fourth-order valence-corrected chi connectivity index (χ4v) is 4.18. The van der Waals surface area contributed by atoms with Gasteiger partial charge >= 0.3 is 0 Å². The molecule has 0 spiro atoms. The second-order valence-corrected chi connectivity index (χ2v) is 8.35. The largest absolute Gasteiger partial charge is 0.347 e. The maximum Gasteiger partial charge on any atom is 0.269 e. The van der Waals surface area contributed by atoms with E-state index in [9.17, 15) is 9.59 Å². The number of aryl methyl sites for hydroxylation is 4. The summed E-state index contributed by atoms with van der Waals surface area (Å²) in [6.45, 7) is 7.56. The molecule has 7 nitrogen and oxygen atoms in total. The maximum absolute atomic E-state index is 12.9. The van der Waals surface area contributed by atoms with Crippen LogP contribution in [0.4, 0.5) is 0 Å². The monoisotopic (exact) mass is 431 g/mol. The van der Waals surface area contributed by atoms with Crippen molar-refractivity contribution in [3.05, 3.63) is 81.4 Å². The summed E-state index contributed by atoms with van der Waals surface area (Å²) in [6.07, 6.45) is 3.39. The number of nitrogens with zero attached hydrogens (tertiary/aromatic N) is 4. The average Bonchev–Trinajstić information content (AvgIpc) is 3.19. The normalized spacial score (nSPS) is 13.1. The molecule has 1 aliphatic heterocycles. The number of hydrogen-bond donors (Lipinski definition) is 1. The minimum atomic E-state index is -0.149. The van der Waals surface area contributed by atoms with Gasteiger partial charge in [-0.05, 0) is 61.6 Å². The molecule has 0 unspecified atom stereocenters. The van der Waals surface area contributed by atoms with Gasteiger partial charge in [-0.25, -0.2) is 0 Å². The van der Waals surface area contributed by atoms with Crippen LogP contribution in [0, 0.1) is 13.8 Å². The molecule has 2 amide bonds. The molecule has 1 aliphatic rings. The molecule has 0 fully saturated rings. The number of aromatic nitrogens is 3. The van der Waals surface area contributed by atoms with Gasteiger partial charge < -0.3 is 10.2 Å². The van der Waals surface area contributed by atoms with E-state index in [1.54, 1.807) is 11.7 Å². The Morgan fingerprint density at radius 2 is 1.91 bits per heavy atom. The highest BCUT2D eigenvalue weighted by molar-refractivity contribution is 5.94. The zero-order valence-electron chi connectivity index (χ0n) is 19.1. The Kier molecular flexibility index (Phi) is 6.08. The summed E-state index contributed by atoms with van der Waals surface area (Å²) >= 11 is 0. The van der Waals surface area contributed by atoms with Crippen molar-refractivity contribution in [3.8, 4) is 0 Å². The van der Waals surface area contributed by atoms with Crippen molar-refractivity contribution in [2.45, 2.75) is 46.7 Å². The van der Waals surface area contributed by atoms with Crippen LogP contribution in [0.15, 0.2) is 36.5 Å². The highest BCUT2D eigenvalue weighted by Gasteiger charge is 2.25. The molecule has 32 heavy (non-hydrogen) atoms. The lowest BCUT2D eigenvalue weighted by Gasteiger charge is -2.30. The summed E-state index contributed by atoms with van der Waals surface area (Å²) < 4.78 is 1.62. The lowest BCUT2D eigenvalue weighted by atomic mass is 9.94. The number of hydrogen-bond acceptors (Lipinski definition) is 4. The van der Waals surface area contributed by atoms with Crippen LogP contribution in [-0.4, -0.2) is 38.0 Å². The standard InChI is InChI=1S/C25H29N5O2/c1-5-20-12-23(29(4)28-20)24(31)27-14-22-17(3)26-13-19-15-30(11-10-21(19)22)25(32)18-8-6-16(2)7-9-18/h6-9,12-13H,5,10-11,14-15H2,1-4H3,(H,27,31). The fourth-order valence-electron chi connectivity index (χ4n) is 4.18. The van der Waals surface area contributed by atoms with Gasteiger partial charge in [-0.3, -0.25) is 19.3 Å². The molecular formula is C25H29N5O2. The molecule has 7 heteroatoms. The zero-order valence-corrected chi connectivity index (χ0v) is 19.1. The molecule has 166 valence electrons. The van der Waals surface area contributed by atoms with Crippen molar-refractivity contribution >= 4 is 11.8 Å². The number of carbonyl (C=O) groups excluding carboxylic acids is 2. The van der Waals surface area contributed by atoms with Gasteiger partial charge in [-0.2, -0.15) is 5.10 Å².